The van der Waals surface area contributed by atoms with E-state index >= 15 is 0 Å². The Labute approximate surface area is 146 Å². The molecule has 24 heavy (non-hydrogen) atoms. The van der Waals surface area contributed by atoms with E-state index in [-0.39, 0.29) is 5.91 Å². The number of nitrogens with zero attached hydrogens (tertiary/aromatic N) is 2. The van der Waals surface area contributed by atoms with Crippen LogP contribution in [-0.2, 0) is 4.79 Å². The van der Waals surface area contributed by atoms with Crippen LogP contribution in [0.2, 0.25) is 0 Å². The third kappa shape index (κ3) is 4.73. The zero-order chi connectivity index (χ0) is 16.8. The largest absolute Gasteiger partial charge is 0.371 e. The van der Waals surface area contributed by atoms with Crippen LogP contribution in [-0.4, -0.2) is 50.1 Å². The molecule has 2 fully saturated rings. The van der Waals surface area contributed by atoms with Gasteiger partial charge in [0, 0.05) is 31.9 Å². The molecular formula is C20H31N3O. The van der Waals surface area contributed by atoms with Crippen molar-refractivity contribution >= 4 is 11.6 Å². The molecule has 2 saturated heterocycles. The first-order chi connectivity index (χ1) is 11.7. The topological polar surface area (TPSA) is 35.6 Å². The van der Waals surface area contributed by atoms with E-state index in [2.05, 4.69) is 52.4 Å². The molecule has 0 saturated carbocycles. The highest BCUT2D eigenvalue weighted by Gasteiger charge is 2.24. The van der Waals surface area contributed by atoms with Gasteiger partial charge in [0.2, 0.25) is 5.91 Å². The molecular weight excluding hydrogens is 298 g/mol. The van der Waals surface area contributed by atoms with Gasteiger partial charge in [-0.25, -0.2) is 0 Å². The van der Waals surface area contributed by atoms with Crippen LogP contribution in [0.15, 0.2) is 30.3 Å². The molecule has 2 aliphatic rings. The summed E-state index contributed by atoms with van der Waals surface area (Å²) in [6.45, 7) is 7.96. The number of hydrogen-bond donors (Lipinski definition) is 1. The number of anilines is 1. The predicted octanol–water partition coefficient (Wildman–Crippen LogP) is 2.75. The molecule has 1 N–H and O–H groups in total. The molecule has 4 nitrogen and oxygen atoms in total. The van der Waals surface area contributed by atoms with Crippen molar-refractivity contribution in [1.29, 1.82) is 0 Å². The van der Waals surface area contributed by atoms with Crippen molar-refractivity contribution in [1.82, 2.24) is 10.2 Å². The third-order valence-corrected chi connectivity index (χ3v) is 5.54. The molecule has 1 aromatic rings. The van der Waals surface area contributed by atoms with Crippen molar-refractivity contribution in [2.45, 2.75) is 32.6 Å². The van der Waals surface area contributed by atoms with Gasteiger partial charge in [0.15, 0.2) is 0 Å². The number of para-hydroxylation sites is 1. The summed E-state index contributed by atoms with van der Waals surface area (Å²) in [5, 5.41) is 3.17. The van der Waals surface area contributed by atoms with Gasteiger partial charge in [-0.2, -0.15) is 0 Å². The van der Waals surface area contributed by atoms with Crippen molar-refractivity contribution in [3.8, 4) is 0 Å². The molecule has 2 aliphatic heterocycles. The van der Waals surface area contributed by atoms with Gasteiger partial charge in [-0.05, 0) is 49.8 Å². The number of piperidine rings is 1. The average molecular weight is 329 g/mol. The number of benzene rings is 1. The maximum atomic E-state index is 12.2. The van der Waals surface area contributed by atoms with Crippen LogP contribution < -0.4 is 10.2 Å². The van der Waals surface area contributed by atoms with Gasteiger partial charge >= 0.3 is 0 Å². The zero-order valence-corrected chi connectivity index (χ0v) is 14.9. The van der Waals surface area contributed by atoms with Gasteiger partial charge in [0.25, 0.3) is 0 Å². The molecule has 0 bridgehead atoms. The van der Waals surface area contributed by atoms with Crippen LogP contribution in [0, 0.1) is 11.8 Å². The van der Waals surface area contributed by atoms with Crippen LogP contribution in [0.1, 0.15) is 32.6 Å². The highest BCUT2D eigenvalue weighted by Crippen LogP contribution is 2.23. The summed E-state index contributed by atoms with van der Waals surface area (Å²) in [5.41, 5.74) is 1.30. The number of rotatable bonds is 6. The Morgan fingerprint density at radius 1 is 1.12 bits per heavy atom. The van der Waals surface area contributed by atoms with E-state index in [1.54, 1.807) is 0 Å². The quantitative estimate of drug-likeness (QED) is 0.872. The molecule has 2 heterocycles. The molecule has 0 spiro atoms. The first-order valence-corrected chi connectivity index (χ1v) is 9.53. The number of carbonyl (C=O) groups is 1. The van der Waals surface area contributed by atoms with E-state index < -0.39 is 0 Å². The second-order valence-corrected chi connectivity index (χ2v) is 7.39. The molecule has 4 heteroatoms. The number of likely N-dealkylation sites (tertiary alicyclic amines) is 1. The normalized spacial score (nSPS) is 25.0. The Kier molecular flexibility index (Phi) is 6.13. The summed E-state index contributed by atoms with van der Waals surface area (Å²) in [7, 11) is 0. The van der Waals surface area contributed by atoms with E-state index in [4.69, 9.17) is 0 Å². The Morgan fingerprint density at radius 2 is 1.96 bits per heavy atom. The van der Waals surface area contributed by atoms with Crippen LogP contribution in [0.3, 0.4) is 0 Å². The minimum Gasteiger partial charge on any atom is -0.371 e. The lowest BCUT2D eigenvalue weighted by molar-refractivity contribution is -0.122. The highest BCUT2D eigenvalue weighted by atomic mass is 16.2. The average Bonchev–Trinajstić information content (AvgIpc) is 3.10. The molecule has 2 atom stereocenters. The molecule has 132 valence electrons. The van der Waals surface area contributed by atoms with Crippen LogP contribution >= 0.6 is 0 Å². The summed E-state index contributed by atoms with van der Waals surface area (Å²) >= 11 is 0. The fourth-order valence-electron chi connectivity index (χ4n) is 4.02. The van der Waals surface area contributed by atoms with E-state index in [1.807, 2.05) is 0 Å². The number of hydrogen-bond acceptors (Lipinski definition) is 3. The molecule has 3 rings (SSSR count). The van der Waals surface area contributed by atoms with Crippen LogP contribution in [0.5, 0.6) is 0 Å². The summed E-state index contributed by atoms with van der Waals surface area (Å²) < 4.78 is 0. The van der Waals surface area contributed by atoms with E-state index in [0.29, 0.717) is 12.5 Å². The zero-order valence-electron chi connectivity index (χ0n) is 14.9. The second kappa shape index (κ2) is 8.52. The Bertz CT molecular complexity index is 519. The van der Waals surface area contributed by atoms with Crippen LogP contribution in [0.25, 0.3) is 0 Å². The van der Waals surface area contributed by atoms with Crippen molar-refractivity contribution in [2.75, 3.05) is 44.2 Å². The van der Waals surface area contributed by atoms with E-state index in [1.165, 1.54) is 24.9 Å². The van der Waals surface area contributed by atoms with Crippen molar-refractivity contribution in [3.05, 3.63) is 30.3 Å². The smallest absolute Gasteiger partial charge is 0.234 e. The summed E-state index contributed by atoms with van der Waals surface area (Å²) in [6.07, 6.45) is 4.96. The van der Waals surface area contributed by atoms with Gasteiger partial charge in [0.1, 0.15) is 0 Å². The molecule has 0 radical (unpaired) electrons. The second-order valence-electron chi connectivity index (χ2n) is 7.39. The Balaban J connectivity index is 1.38. The SMILES string of the molecule is CCC1CCCN(CC(=O)NCC2CCN(c3ccccc3)C2)C1. The fraction of sp³-hybridized carbons (Fsp3) is 0.650. The van der Waals surface area contributed by atoms with Crippen LogP contribution in [0.4, 0.5) is 5.69 Å². The molecule has 2 unspecified atom stereocenters. The van der Waals surface area contributed by atoms with Gasteiger partial charge in [-0.15, -0.1) is 0 Å². The molecule has 1 amide bonds. The van der Waals surface area contributed by atoms with E-state index in [0.717, 1.165) is 45.1 Å². The lowest BCUT2D eigenvalue weighted by Crippen LogP contribution is -2.43. The Morgan fingerprint density at radius 3 is 2.75 bits per heavy atom. The van der Waals surface area contributed by atoms with Crippen molar-refractivity contribution in [2.24, 2.45) is 11.8 Å². The molecule has 1 aromatic carbocycles. The number of amides is 1. The predicted molar refractivity (Wildman–Crippen MR) is 99.2 cm³/mol. The standard InChI is InChI=1S/C20H31N3O/c1-2-17-7-6-11-22(14-17)16-20(24)21-13-18-10-12-23(15-18)19-8-4-3-5-9-19/h3-5,8-9,17-18H,2,6-7,10-16H2,1H3,(H,21,24). The van der Waals surface area contributed by atoms with E-state index in [9.17, 15) is 4.79 Å². The maximum absolute atomic E-state index is 12.2. The lowest BCUT2D eigenvalue weighted by Gasteiger charge is -2.31. The monoisotopic (exact) mass is 329 g/mol. The van der Waals surface area contributed by atoms with Crippen molar-refractivity contribution < 1.29 is 4.79 Å². The third-order valence-electron chi connectivity index (χ3n) is 5.54. The first kappa shape index (κ1) is 17.3. The minimum atomic E-state index is 0.199. The maximum Gasteiger partial charge on any atom is 0.234 e. The summed E-state index contributed by atoms with van der Waals surface area (Å²) in [6, 6.07) is 10.6. The van der Waals surface area contributed by atoms with Gasteiger partial charge in [-0.3, -0.25) is 9.69 Å². The highest BCUT2D eigenvalue weighted by molar-refractivity contribution is 5.78. The number of nitrogens with one attached hydrogen (secondary N) is 1. The molecule has 0 aliphatic carbocycles. The number of carbonyl (C=O) groups excluding carboxylic acids is 1. The summed E-state index contributed by atoms with van der Waals surface area (Å²) in [5.74, 6) is 1.55. The van der Waals surface area contributed by atoms with Crippen molar-refractivity contribution in [3.63, 3.8) is 0 Å². The lowest BCUT2D eigenvalue weighted by atomic mass is 9.96. The van der Waals surface area contributed by atoms with Gasteiger partial charge < -0.3 is 10.2 Å². The summed E-state index contributed by atoms with van der Waals surface area (Å²) in [4.78, 5) is 17.0. The Hall–Kier alpha value is -1.55. The first-order valence-electron chi connectivity index (χ1n) is 9.53. The fourth-order valence-corrected chi connectivity index (χ4v) is 4.02. The molecule has 0 aromatic heterocycles. The van der Waals surface area contributed by atoms with Gasteiger partial charge in [0.05, 0.1) is 6.54 Å². The van der Waals surface area contributed by atoms with Gasteiger partial charge in [-0.1, -0.05) is 31.5 Å². The minimum absolute atomic E-state index is 0.199.